The smallest absolute Gasteiger partial charge is 0.252 e. The summed E-state index contributed by atoms with van der Waals surface area (Å²) < 4.78 is 30.3. The van der Waals surface area contributed by atoms with Crippen molar-refractivity contribution in [3.63, 3.8) is 0 Å². The Morgan fingerprint density at radius 3 is 2.63 bits per heavy atom. The molecule has 0 fully saturated rings. The predicted molar refractivity (Wildman–Crippen MR) is 121 cm³/mol. The van der Waals surface area contributed by atoms with Gasteiger partial charge in [0, 0.05) is 23.1 Å². The number of nitrogens with zero attached hydrogens (tertiary/aromatic N) is 2. The summed E-state index contributed by atoms with van der Waals surface area (Å²) in [5, 5.41) is 2.86. The highest BCUT2D eigenvalue weighted by Gasteiger charge is 2.23. The van der Waals surface area contributed by atoms with Crippen molar-refractivity contribution in [3.8, 4) is 0 Å². The molecule has 2 aromatic carbocycles. The van der Waals surface area contributed by atoms with E-state index in [0.29, 0.717) is 24.0 Å². The number of para-hydroxylation sites is 2. The fourth-order valence-electron chi connectivity index (χ4n) is 3.04. The molecule has 0 atom stereocenters. The molecule has 1 aromatic heterocycles. The minimum absolute atomic E-state index is 0.0515. The summed E-state index contributed by atoms with van der Waals surface area (Å²) >= 11 is 3.34. The first-order chi connectivity index (χ1) is 14.1. The third kappa shape index (κ3) is 5.47. The number of aryl methyl sites for hydroxylation is 1. The quantitative estimate of drug-likeness (QED) is 0.491. The van der Waals surface area contributed by atoms with Crippen molar-refractivity contribution in [2.75, 3.05) is 6.54 Å². The highest BCUT2D eigenvalue weighted by atomic mass is 79.9. The number of hydrogen-bond acceptors (Lipinski definition) is 4. The lowest BCUT2D eigenvalue weighted by atomic mass is 10.1. The summed E-state index contributed by atoms with van der Waals surface area (Å²) in [5.41, 5.74) is 1.65. The third-order valence-corrected chi connectivity index (χ3v) is 6.77. The van der Waals surface area contributed by atoms with Gasteiger partial charge in [-0.15, -0.1) is 0 Å². The lowest BCUT2D eigenvalue weighted by Crippen LogP contribution is -2.40. The number of nitrogens with one attached hydrogen (secondary N) is 2. The lowest BCUT2D eigenvalue weighted by molar-refractivity contribution is 0.0952. The molecule has 0 saturated heterocycles. The number of carbonyl (C=O) groups is 1. The molecule has 0 aliphatic carbocycles. The van der Waals surface area contributed by atoms with E-state index in [2.05, 4.69) is 31.0 Å². The highest BCUT2D eigenvalue weighted by Crippen LogP contribution is 2.22. The topological polar surface area (TPSA) is 93.1 Å². The molecule has 1 amide bonds. The Kier molecular flexibility index (Phi) is 6.64. The molecule has 160 valence electrons. The molecule has 0 saturated carbocycles. The van der Waals surface area contributed by atoms with E-state index in [9.17, 15) is 13.2 Å². The lowest BCUT2D eigenvalue weighted by Gasteiger charge is -2.20. The summed E-state index contributed by atoms with van der Waals surface area (Å²) in [6, 6.07) is 12.3. The summed E-state index contributed by atoms with van der Waals surface area (Å²) in [6.07, 6.45) is 2.51. The average molecular weight is 493 g/mol. The highest BCUT2D eigenvalue weighted by molar-refractivity contribution is 9.10. The van der Waals surface area contributed by atoms with Crippen molar-refractivity contribution in [3.05, 3.63) is 58.8 Å². The number of imidazole rings is 1. The van der Waals surface area contributed by atoms with Crippen LogP contribution in [-0.4, -0.2) is 36.0 Å². The molecule has 7 nitrogen and oxygen atoms in total. The summed E-state index contributed by atoms with van der Waals surface area (Å²) in [7, 11) is -3.73. The van der Waals surface area contributed by atoms with Crippen LogP contribution in [0, 0.1) is 0 Å². The number of halogens is 1. The third-order valence-electron chi connectivity index (χ3n) is 4.32. The van der Waals surface area contributed by atoms with Gasteiger partial charge in [-0.2, -0.15) is 0 Å². The molecule has 3 rings (SSSR count). The monoisotopic (exact) mass is 492 g/mol. The summed E-state index contributed by atoms with van der Waals surface area (Å²) in [6.45, 7) is 6.46. The number of hydrogen-bond donors (Lipinski definition) is 2. The fourth-order valence-corrected chi connectivity index (χ4v) is 4.91. The zero-order valence-electron chi connectivity index (χ0n) is 17.1. The fraction of sp³-hybridized carbons (Fsp3) is 0.333. The van der Waals surface area contributed by atoms with Crippen LogP contribution >= 0.6 is 15.9 Å². The Morgan fingerprint density at radius 1 is 1.17 bits per heavy atom. The minimum Gasteiger partial charge on any atom is -0.352 e. The Bertz CT molecular complexity index is 1170. The van der Waals surface area contributed by atoms with Crippen LogP contribution < -0.4 is 10.0 Å². The van der Waals surface area contributed by atoms with Gasteiger partial charge >= 0.3 is 0 Å². The molecule has 1 heterocycles. The van der Waals surface area contributed by atoms with Crippen molar-refractivity contribution in [1.82, 2.24) is 19.6 Å². The Balaban J connectivity index is 1.64. The maximum Gasteiger partial charge on any atom is 0.252 e. The predicted octanol–water partition coefficient (Wildman–Crippen LogP) is 3.70. The number of sulfonamides is 1. The van der Waals surface area contributed by atoms with Gasteiger partial charge in [0.25, 0.3) is 5.91 Å². The molecule has 9 heteroatoms. The second kappa shape index (κ2) is 8.87. The number of fused-ring (bicyclic) bond motifs is 1. The number of aromatic nitrogens is 2. The van der Waals surface area contributed by atoms with Gasteiger partial charge < -0.3 is 9.88 Å². The summed E-state index contributed by atoms with van der Waals surface area (Å²) in [4.78, 5) is 17.0. The normalized spacial score (nSPS) is 12.3. The van der Waals surface area contributed by atoms with E-state index >= 15 is 0 Å². The molecule has 0 bridgehead atoms. The van der Waals surface area contributed by atoms with Gasteiger partial charge in [0.15, 0.2) is 0 Å². The van der Waals surface area contributed by atoms with Crippen molar-refractivity contribution < 1.29 is 13.2 Å². The van der Waals surface area contributed by atoms with Crippen LogP contribution in [0.2, 0.25) is 0 Å². The zero-order valence-corrected chi connectivity index (χ0v) is 19.5. The van der Waals surface area contributed by atoms with Crippen LogP contribution in [-0.2, 0) is 16.6 Å². The molecular weight excluding hydrogens is 468 g/mol. The maximum atomic E-state index is 12.6. The van der Waals surface area contributed by atoms with Gasteiger partial charge in [-0.3, -0.25) is 4.79 Å². The van der Waals surface area contributed by atoms with Crippen LogP contribution in [0.4, 0.5) is 0 Å². The molecule has 0 unspecified atom stereocenters. The molecule has 0 aliphatic heterocycles. The first kappa shape index (κ1) is 22.5. The van der Waals surface area contributed by atoms with E-state index in [1.807, 2.05) is 28.8 Å². The van der Waals surface area contributed by atoms with Gasteiger partial charge in [0.1, 0.15) is 0 Å². The Morgan fingerprint density at radius 2 is 1.90 bits per heavy atom. The van der Waals surface area contributed by atoms with Crippen LogP contribution in [0.15, 0.2) is 58.2 Å². The SMILES string of the molecule is CC(C)(C)NS(=O)(=O)c1ccc(Br)c(C(=O)NCCCn2cnc3ccccc32)c1. The van der Waals surface area contributed by atoms with E-state index in [1.165, 1.54) is 12.1 Å². The van der Waals surface area contributed by atoms with Crippen LogP contribution in [0.5, 0.6) is 0 Å². The molecule has 0 aliphatic rings. The largest absolute Gasteiger partial charge is 0.352 e. The Labute approximate surface area is 185 Å². The second-order valence-corrected chi connectivity index (χ2v) is 10.6. The van der Waals surface area contributed by atoms with Crippen molar-refractivity contribution in [2.45, 2.75) is 44.2 Å². The van der Waals surface area contributed by atoms with Gasteiger partial charge in [-0.1, -0.05) is 12.1 Å². The van der Waals surface area contributed by atoms with Crippen molar-refractivity contribution >= 4 is 42.9 Å². The van der Waals surface area contributed by atoms with Crippen LogP contribution in [0.25, 0.3) is 11.0 Å². The second-order valence-electron chi connectivity index (χ2n) is 8.03. The van der Waals surface area contributed by atoms with Gasteiger partial charge in [0.05, 0.1) is 27.8 Å². The number of carbonyl (C=O) groups excluding carboxylic acids is 1. The Hall–Kier alpha value is -2.23. The molecular formula is C21H25BrN4O3S. The summed E-state index contributed by atoms with van der Waals surface area (Å²) in [5.74, 6) is -0.329. The molecule has 30 heavy (non-hydrogen) atoms. The van der Waals surface area contributed by atoms with Gasteiger partial charge in [0.2, 0.25) is 10.0 Å². The minimum atomic E-state index is -3.73. The van der Waals surface area contributed by atoms with E-state index in [-0.39, 0.29) is 16.4 Å². The van der Waals surface area contributed by atoms with Crippen LogP contribution in [0.3, 0.4) is 0 Å². The van der Waals surface area contributed by atoms with Crippen LogP contribution in [0.1, 0.15) is 37.6 Å². The molecule has 0 radical (unpaired) electrons. The zero-order chi connectivity index (χ0) is 21.9. The molecule has 0 spiro atoms. The first-order valence-electron chi connectivity index (χ1n) is 9.58. The average Bonchev–Trinajstić information content (AvgIpc) is 3.06. The van der Waals surface area contributed by atoms with Crippen molar-refractivity contribution in [1.29, 1.82) is 0 Å². The standard InChI is InChI=1S/C21H25BrN4O3S/c1-21(2,3)25-30(28,29)15-9-10-17(22)16(13-15)20(27)23-11-6-12-26-14-24-18-7-4-5-8-19(18)26/h4-5,7-10,13-14,25H,6,11-12H2,1-3H3,(H,23,27). The number of amides is 1. The van der Waals surface area contributed by atoms with E-state index in [1.54, 1.807) is 33.2 Å². The van der Waals surface area contributed by atoms with E-state index in [4.69, 9.17) is 0 Å². The number of rotatable bonds is 7. The molecule has 3 aromatic rings. The van der Waals surface area contributed by atoms with Gasteiger partial charge in [-0.05, 0) is 73.5 Å². The first-order valence-corrected chi connectivity index (χ1v) is 11.9. The number of benzene rings is 2. The van der Waals surface area contributed by atoms with Gasteiger partial charge in [-0.25, -0.2) is 18.1 Å². The maximum absolute atomic E-state index is 12.6. The van der Waals surface area contributed by atoms with E-state index in [0.717, 1.165) is 11.0 Å². The molecule has 2 N–H and O–H groups in total. The van der Waals surface area contributed by atoms with Crippen molar-refractivity contribution in [2.24, 2.45) is 0 Å². The van der Waals surface area contributed by atoms with E-state index < -0.39 is 15.6 Å².